The molecule has 1 heterocycles. The van der Waals surface area contributed by atoms with Crippen LogP contribution in [0.2, 0.25) is 0 Å². The monoisotopic (exact) mass is 275 g/mol. The number of rotatable bonds is 4. The van der Waals surface area contributed by atoms with Crippen molar-refractivity contribution in [2.24, 2.45) is 5.73 Å². The summed E-state index contributed by atoms with van der Waals surface area (Å²) in [7, 11) is 0. The number of nitrogens with two attached hydrogens (primary N) is 1. The largest absolute Gasteiger partial charge is 0.389 e. The Labute approximate surface area is 116 Å². The number of aryl methyl sites for hydroxylation is 1. The topological polar surface area (TPSA) is 50.9 Å². The summed E-state index contributed by atoms with van der Waals surface area (Å²) in [6.45, 7) is 2.20. The van der Waals surface area contributed by atoms with Crippen LogP contribution in [0.5, 0.6) is 0 Å². The van der Waals surface area contributed by atoms with Crippen LogP contribution in [-0.4, -0.2) is 9.97 Å². The average molecular weight is 275 g/mol. The number of pyridine rings is 1. The predicted molar refractivity (Wildman–Crippen MR) is 78.6 cm³/mol. The second kappa shape index (κ2) is 5.75. The molecule has 0 fully saturated rings. The Kier molecular flexibility index (Phi) is 4.06. The first-order valence-corrected chi connectivity index (χ1v) is 6.23. The van der Waals surface area contributed by atoms with Crippen molar-refractivity contribution in [3.8, 4) is 0 Å². The van der Waals surface area contributed by atoms with Gasteiger partial charge in [0.15, 0.2) is 0 Å². The molecule has 3 N–H and O–H groups in total. The molecule has 0 aliphatic carbocycles. The first-order chi connectivity index (χ1) is 9.08. The molecule has 1 aromatic heterocycles. The lowest BCUT2D eigenvalue weighted by Gasteiger charge is -2.11. The molecule has 19 heavy (non-hydrogen) atoms. The molecule has 0 saturated carbocycles. The molecule has 0 atom stereocenters. The molecule has 5 heteroatoms. The minimum Gasteiger partial charge on any atom is -0.389 e. The summed E-state index contributed by atoms with van der Waals surface area (Å²) >= 11 is 4.97. The van der Waals surface area contributed by atoms with Gasteiger partial charge in [-0.1, -0.05) is 30.4 Å². The van der Waals surface area contributed by atoms with E-state index in [2.05, 4.69) is 10.3 Å². The van der Waals surface area contributed by atoms with Gasteiger partial charge >= 0.3 is 0 Å². The van der Waals surface area contributed by atoms with Gasteiger partial charge in [0.05, 0.1) is 5.56 Å². The standard InChI is InChI=1S/C14H14FN3S/c1-9-6-7-11(13(16)19)14(18-9)17-8-10-4-2-3-5-12(10)15/h2-7H,8H2,1H3,(H2,16,19)(H,17,18). The van der Waals surface area contributed by atoms with Gasteiger partial charge in [0, 0.05) is 17.8 Å². The van der Waals surface area contributed by atoms with E-state index in [4.69, 9.17) is 18.0 Å². The highest BCUT2D eigenvalue weighted by Crippen LogP contribution is 2.15. The van der Waals surface area contributed by atoms with Crippen LogP contribution in [0.4, 0.5) is 10.2 Å². The zero-order chi connectivity index (χ0) is 13.8. The normalized spacial score (nSPS) is 10.2. The van der Waals surface area contributed by atoms with E-state index < -0.39 is 0 Å². The van der Waals surface area contributed by atoms with Crippen LogP contribution >= 0.6 is 12.2 Å². The fourth-order valence-electron chi connectivity index (χ4n) is 1.71. The van der Waals surface area contributed by atoms with E-state index >= 15 is 0 Å². The number of benzene rings is 1. The summed E-state index contributed by atoms with van der Waals surface area (Å²) in [5.74, 6) is 0.329. The van der Waals surface area contributed by atoms with Gasteiger partial charge in [-0.25, -0.2) is 9.37 Å². The summed E-state index contributed by atoms with van der Waals surface area (Å²) < 4.78 is 13.5. The van der Waals surface area contributed by atoms with Crippen LogP contribution in [0, 0.1) is 12.7 Å². The zero-order valence-corrected chi connectivity index (χ0v) is 11.3. The van der Waals surface area contributed by atoms with Crippen molar-refractivity contribution in [2.45, 2.75) is 13.5 Å². The number of hydrogen-bond donors (Lipinski definition) is 2. The van der Waals surface area contributed by atoms with Crippen molar-refractivity contribution in [2.75, 3.05) is 5.32 Å². The zero-order valence-electron chi connectivity index (χ0n) is 10.5. The summed E-state index contributed by atoms with van der Waals surface area (Å²) in [4.78, 5) is 4.61. The molecule has 1 aromatic carbocycles. The van der Waals surface area contributed by atoms with Crippen LogP contribution in [0.15, 0.2) is 36.4 Å². The molecule has 0 saturated heterocycles. The third-order valence-electron chi connectivity index (χ3n) is 2.70. The molecule has 0 aliphatic heterocycles. The van der Waals surface area contributed by atoms with Crippen LogP contribution in [0.25, 0.3) is 0 Å². The summed E-state index contributed by atoms with van der Waals surface area (Å²) in [5, 5.41) is 3.07. The van der Waals surface area contributed by atoms with Crippen molar-refractivity contribution < 1.29 is 4.39 Å². The second-order valence-corrected chi connectivity index (χ2v) is 4.60. The summed E-state index contributed by atoms with van der Waals surface area (Å²) in [6.07, 6.45) is 0. The summed E-state index contributed by atoms with van der Waals surface area (Å²) in [5.41, 5.74) is 7.72. The third kappa shape index (κ3) is 3.26. The maximum absolute atomic E-state index is 13.5. The lowest BCUT2D eigenvalue weighted by molar-refractivity contribution is 0.613. The molecule has 0 bridgehead atoms. The Hall–Kier alpha value is -2.01. The van der Waals surface area contributed by atoms with E-state index in [-0.39, 0.29) is 10.8 Å². The van der Waals surface area contributed by atoms with E-state index in [9.17, 15) is 4.39 Å². The molecule has 0 unspecified atom stereocenters. The van der Waals surface area contributed by atoms with Crippen molar-refractivity contribution in [3.05, 3.63) is 59.0 Å². The minimum absolute atomic E-state index is 0.250. The molecule has 0 amide bonds. The highest BCUT2D eigenvalue weighted by Gasteiger charge is 2.08. The average Bonchev–Trinajstić information content (AvgIpc) is 2.37. The van der Waals surface area contributed by atoms with E-state index in [1.165, 1.54) is 6.07 Å². The molecule has 2 aromatic rings. The Morgan fingerprint density at radius 3 is 2.74 bits per heavy atom. The maximum atomic E-state index is 13.5. The van der Waals surface area contributed by atoms with Gasteiger partial charge in [-0.15, -0.1) is 0 Å². The lowest BCUT2D eigenvalue weighted by Crippen LogP contribution is -2.15. The van der Waals surface area contributed by atoms with Gasteiger partial charge < -0.3 is 11.1 Å². The third-order valence-corrected chi connectivity index (χ3v) is 2.92. The van der Waals surface area contributed by atoms with Crippen LogP contribution in [-0.2, 0) is 6.54 Å². The van der Waals surface area contributed by atoms with Crippen molar-refractivity contribution in [1.82, 2.24) is 4.98 Å². The van der Waals surface area contributed by atoms with Crippen molar-refractivity contribution >= 4 is 23.0 Å². The number of halogens is 1. The highest BCUT2D eigenvalue weighted by atomic mass is 32.1. The quantitative estimate of drug-likeness (QED) is 0.842. The number of anilines is 1. The number of nitrogens with zero attached hydrogens (tertiary/aromatic N) is 1. The molecule has 0 aliphatic rings. The second-order valence-electron chi connectivity index (χ2n) is 4.16. The van der Waals surface area contributed by atoms with Gasteiger partial charge in [0.1, 0.15) is 16.6 Å². The van der Waals surface area contributed by atoms with Gasteiger partial charge in [-0.2, -0.15) is 0 Å². The Morgan fingerprint density at radius 2 is 2.05 bits per heavy atom. The molecular weight excluding hydrogens is 261 g/mol. The summed E-state index contributed by atoms with van der Waals surface area (Å²) in [6, 6.07) is 10.2. The molecule has 98 valence electrons. The van der Waals surface area contributed by atoms with Crippen LogP contribution in [0.3, 0.4) is 0 Å². The van der Waals surface area contributed by atoms with Gasteiger partial charge in [-0.05, 0) is 25.1 Å². The predicted octanol–water partition coefficient (Wildman–Crippen LogP) is 2.78. The van der Waals surface area contributed by atoms with Gasteiger partial charge in [-0.3, -0.25) is 0 Å². The fourth-order valence-corrected chi connectivity index (χ4v) is 1.88. The molecule has 3 nitrogen and oxygen atoms in total. The highest BCUT2D eigenvalue weighted by molar-refractivity contribution is 7.80. The molecule has 0 spiro atoms. The number of hydrogen-bond acceptors (Lipinski definition) is 3. The van der Waals surface area contributed by atoms with Crippen LogP contribution in [0.1, 0.15) is 16.8 Å². The Morgan fingerprint density at radius 1 is 1.32 bits per heavy atom. The number of thiocarbonyl (C=S) groups is 1. The Bertz CT molecular complexity index is 613. The Balaban J connectivity index is 2.22. The van der Waals surface area contributed by atoms with Crippen molar-refractivity contribution in [3.63, 3.8) is 0 Å². The smallest absolute Gasteiger partial charge is 0.136 e. The number of aromatic nitrogens is 1. The first kappa shape index (κ1) is 13.4. The van der Waals surface area contributed by atoms with Crippen LogP contribution < -0.4 is 11.1 Å². The molecule has 2 rings (SSSR count). The van der Waals surface area contributed by atoms with E-state index in [1.54, 1.807) is 18.2 Å². The fraction of sp³-hybridized carbons (Fsp3) is 0.143. The minimum atomic E-state index is -0.250. The molecule has 0 radical (unpaired) electrons. The van der Waals surface area contributed by atoms with Gasteiger partial charge in [0.2, 0.25) is 0 Å². The van der Waals surface area contributed by atoms with Crippen molar-refractivity contribution in [1.29, 1.82) is 0 Å². The van der Waals surface area contributed by atoms with E-state index in [1.807, 2.05) is 19.1 Å². The maximum Gasteiger partial charge on any atom is 0.136 e. The SMILES string of the molecule is Cc1ccc(C(N)=S)c(NCc2ccccc2F)n1. The molecular formula is C14H14FN3S. The van der Waals surface area contributed by atoms with E-state index in [0.717, 1.165) is 5.69 Å². The first-order valence-electron chi connectivity index (χ1n) is 5.82. The lowest BCUT2D eigenvalue weighted by atomic mass is 10.2. The number of nitrogens with one attached hydrogen (secondary N) is 1. The van der Waals surface area contributed by atoms with Gasteiger partial charge in [0.25, 0.3) is 0 Å². The van der Waals surface area contributed by atoms with E-state index in [0.29, 0.717) is 23.5 Å².